The molecule has 0 radical (unpaired) electrons. The molecule has 0 saturated heterocycles. The van der Waals surface area contributed by atoms with Gasteiger partial charge in [0.2, 0.25) is 0 Å². The summed E-state index contributed by atoms with van der Waals surface area (Å²) < 4.78 is 0. The summed E-state index contributed by atoms with van der Waals surface area (Å²) in [5, 5.41) is 12.4. The fraction of sp³-hybridized carbons (Fsp3) is 1.00. The summed E-state index contributed by atoms with van der Waals surface area (Å²) in [6.07, 6.45) is 9.95. The lowest BCUT2D eigenvalue weighted by Crippen LogP contribution is -2.40. The van der Waals surface area contributed by atoms with Gasteiger partial charge in [0.05, 0.1) is 6.61 Å². The minimum absolute atomic E-state index is 0.288. The van der Waals surface area contributed by atoms with Gasteiger partial charge in [0.1, 0.15) is 0 Å². The second-order valence-corrected chi connectivity index (χ2v) is 4.94. The van der Waals surface area contributed by atoms with Gasteiger partial charge in [-0.15, -0.1) is 0 Å². The van der Waals surface area contributed by atoms with Gasteiger partial charge in [0, 0.05) is 12.6 Å². The van der Waals surface area contributed by atoms with Crippen molar-refractivity contribution < 1.29 is 5.11 Å². The van der Waals surface area contributed by atoms with E-state index >= 15 is 0 Å². The lowest BCUT2D eigenvalue weighted by atomic mass is 9.82. The predicted octanol–water partition coefficient (Wildman–Crippen LogP) is 1.93. The van der Waals surface area contributed by atoms with E-state index < -0.39 is 0 Å². The molecule has 2 saturated carbocycles. The Balaban J connectivity index is 1.81. The second kappa shape index (κ2) is 5.13. The smallest absolute Gasteiger partial charge is 0.0556 e. The molecule has 2 nitrogen and oxygen atoms in total. The van der Waals surface area contributed by atoms with Crippen molar-refractivity contribution >= 4 is 0 Å². The quantitative estimate of drug-likeness (QED) is 0.706. The van der Waals surface area contributed by atoms with Gasteiger partial charge < -0.3 is 10.4 Å². The Hall–Kier alpha value is -0.0800. The molecular weight excluding hydrogens is 174 g/mol. The predicted molar refractivity (Wildman–Crippen MR) is 58.2 cm³/mol. The minimum Gasteiger partial charge on any atom is -0.395 e. The molecule has 0 heterocycles. The van der Waals surface area contributed by atoms with Gasteiger partial charge in [-0.1, -0.05) is 19.3 Å². The Bertz CT molecular complexity index is 162. The highest BCUT2D eigenvalue weighted by atomic mass is 16.3. The van der Waals surface area contributed by atoms with Crippen molar-refractivity contribution in [3.8, 4) is 0 Å². The zero-order valence-electron chi connectivity index (χ0n) is 9.04. The van der Waals surface area contributed by atoms with Crippen molar-refractivity contribution in [2.45, 2.75) is 51.0 Å². The van der Waals surface area contributed by atoms with Crippen molar-refractivity contribution in [1.29, 1.82) is 0 Å². The van der Waals surface area contributed by atoms with E-state index in [0.29, 0.717) is 0 Å². The Morgan fingerprint density at radius 3 is 2.21 bits per heavy atom. The van der Waals surface area contributed by atoms with Gasteiger partial charge in [-0.05, 0) is 37.5 Å². The maximum absolute atomic E-state index is 8.85. The summed E-state index contributed by atoms with van der Waals surface area (Å²) >= 11 is 0. The Labute approximate surface area is 87.1 Å². The zero-order valence-corrected chi connectivity index (χ0v) is 9.04. The monoisotopic (exact) mass is 197 g/mol. The first-order valence-electron chi connectivity index (χ1n) is 6.26. The number of hydrogen-bond acceptors (Lipinski definition) is 2. The largest absolute Gasteiger partial charge is 0.395 e. The fourth-order valence-corrected chi connectivity index (χ4v) is 2.90. The molecule has 82 valence electrons. The van der Waals surface area contributed by atoms with Crippen LogP contribution in [0.1, 0.15) is 44.9 Å². The normalized spacial score (nSPS) is 26.4. The molecule has 2 aliphatic rings. The van der Waals surface area contributed by atoms with E-state index in [2.05, 4.69) is 5.32 Å². The van der Waals surface area contributed by atoms with Crippen LogP contribution in [0.25, 0.3) is 0 Å². The van der Waals surface area contributed by atoms with E-state index in [1.54, 1.807) is 0 Å². The van der Waals surface area contributed by atoms with E-state index in [1.807, 2.05) is 0 Å². The molecule has 1 unspecified atom stereocenters. The number of hydrogen-bond donors (Lipinski definition) is 2. The molecule has 2 aliphatic carbocycles. The molecule has 0 aromatic heterocycles. The van der Waals surface area contributed by atoms with Crippen LogP contribution >= 0.6 is 0 Å². The van der Waals surface area contributed by atoms with Gasteiger partial charge in [-0.2, -0.15) is 0 Å². The molecule has 2 rings (SSSR count). The minimum atomic E-state index is 0.288. The molecule has 2 heteroatoms. The average Bonchev–Trinajstić information content (AvgIpc) is 3.04. The average molecular weight is 197 g/mol. The number of rotatable bonds is 5. The van der Waals surface area contributed by atoms with Crippen LogP contribution in [-0.4, -0.2) is 24.3 Å². The molecule has 0 bridgehead atoms. The molecular formula is C12H23NO. The molecule has 2 N–H and O–H groups in total. The van der Waals surface area contributed by atoms with Crippen LogP contribution in [0, 0.1) is 11.8 Å². The van der Waals surface area contributed by atoms with E-state index in [-0.39, 0.29) is 6.61 Å². The summed E-state index contributed by atoms with van der Waals surface area (Å²) in [5.41, 5.74) is 0. The summed E-state index contributed by atoms with van der Waals surface area (Å²) in [7, 11) is 0. The first-order chi connectivity index (χ1) is 6.92. The lowest BCUT2D eigenvalue weighted by Gasteiger charge is -2.31. The van der Waals surface area contributed by atoms with Gasteiger partial charge in [-0.25, -0.2) is 0 Å². The van der Waals surface area contributed by atoms with E-state index in [4.69, 9.17) is 5.11 Å². The molecule has 0 aromatic carbocycles. The first-order valence-corrected chi connectivity index (χ1v) is 6.26. The summed E-state index contributed by atoms with van der Waals surface area (Å²) in [5.74, 6) is 1.84. The molecule has 0 amide bonds. The fourth-order valence-electron chi connectivity index (χ4n) is 2.90. The van der Waals surface area contributed by atoms with Gasteiger partial charge in [0.25, 0.3) is 0 Å². The summed E-state index contributed by atoms with van der Waals surface area (Å²) in [6.45, 7) is 1.08. The number of aliphatic hydroxyl groups is 1. The first kappa shape index (κ1) is 10.4. The maximum atomic E-state index is 8.85. The topological polar surface area (TPSA) is 32.3 Å². The summed E-state index contributed by atoms with van der Waals surface area (Å²) in [6, 6.07) is 0.724. The summed E-state index contributed by atoms with van der Waals surface area (Å²) in [4.78, 5) is 0. The van der Waals surface area contributed by atoms with E-state index in [1.165, 1.54) is 44.9 Å². The van der Waals surface area contributed by atoms with Crippen molar-refractivity contribution in [3.63, 3.8) is 0 Å². The Kier molecular flexibility index (Phi) is 3.82. The third-order valence-electron chi connectivity index (χ3n) is 3.78. The van der Waals surface area contributed by atoms with Crippen molar-refractivity contribution in [3.05, 3.63) is 0 Å². The number of aliphatic hydroxyl groups excluding tert-OH is 1. The van der Waals surface area contributed by atoms with Crippen molar-refractivity contribution in [1.82, 2.24) is 5.32 Å². The SMILES string of the molecule is OCCNC(C1CCCCC1)C1CC1. The molecule has 1 atom stereocenters. The highest BCUT2D eigenvalue weighted by Crippen LogP contribution is 2.40. The molecule has 0 aliphatic heterocycles. The van der Waals surface area contributed by atoms with Crippen LogP contribution in [-0.2, 0) is 0 Å². The third-order valence-corrected chi connectivity index (χ3v) is 3.78. The van der Waals surface area contributed by atoms with Crippen LogP contribution in [0.15, 0.2) is 0 Å². The van der Waals surface area contributed by atoms with Crippen molar-refractivity contribution in [2.75, 3.05) is 13.2 Å². The highest BCUT2D eigenvalue weighted by molar-refractivity contribution is 4.91. The van der Waals surface area contributed by atoms with Crippen LogP contribution in [0.4, 0.5) is 0 Å². The number of nitrogens with one attached hydrogen (secondary N) is 1. The van der Waals surface area contributed by atoms with Gasteiger partial charge >= 0.3 is 0 Å². The molecule has 0 aromatic rings. The van der Waals surface area contributed by atoms with Gasteiger partial charge in [-0.3, -0.25) is 0 Å². The Morgan fingerprint density at radius 1 is 1.00 bits per heavy atom. The molecule has 2 fully saturated rings. The third kappa shape index (κ3) is 2.71. The maximum Gasteiger partial charge on any atom is 0.0556 e. The Morgan fingerprint density at radius 2 is 1.64 bits per heavy atom. The van der Waals surface area contributed by atoms with Gasteiger partial charge in [0.15, 0.2) is 0 Å². The van der Waals surface area contributed by atoms with Crippen LogP contribution < -0.4 is 5.32 Å². The standard InChI is InChI=1S/C12H23NO/c14-9-8-13-12(11-6-7-11)10-4-2-1-3-5-10/h10-14H,1-9H2. The zero-order chi connectivity index (χ0) is 9.80. The highest BCUT2D eigenvalue weighted by Gasteiger charge is 2.36. The lowest BCUT2D eigenvalue weighted by molar-refractivity contribution is 0.223. The molecule has 0 spiro atoms. The van der Waals surface area contributed by atoms with E-state index in [9.17, 15) is 0 Å². The van der Waals surface area contributed by atoms with E-state index in [0.717, 1.165) is 24.4 Å². The van der Waals surface area contributed by atoms with Crippen molar-refractivity contribution in [2.24, 2.45) is 11.8 Å². The van der Waals surface area contributed by atoms with Crippen LogP contribution in [0.2, 0.25) is 0 Å². The molecule has 14 heavy (non-hydrogen) atoms. The second-order valence-electron chi connectivity index (χ2n) is 4.94. The van der Waals surface area contributed by atoms with Crippen LogP contribution in [0.5, 0.6) is 0 Å². The van der Waals surface area contributed by atoms with Crippen LogP contribution in [0.3, 0.4) is 0 Å².